The number of benzene rings is 1. The summed E-state index contributed by atoms with van der Waals surface area (Å²) in [5, 5.41) is 0. The highest BCUT2D eigenvalue weighted by Crippen LogP contribution is 2.31. The maximum atomic E-state index is 2.36. The van der Waals surface area contributed by atoms with E-state index >= 15 is 0 Å². The van der Waals surface area contributed by atoms with E-state index in [0.29, 0.717) is 0 Å². The number of aryl methyl sites for hydroxylation is 2. The molecule has 0 heterocycles. The van der Waals surface area contributed by atoms with Gasteiger partial charge < -0.3 is 0 Å². The third-order valence-electron chi connectivity index (χ3n) is 3.32. The lowest BCUT2D eigenvalue weighted by Gasteiger charge is -2.10. The van der Waals surface area contributed by atoms with E-state index in [1.807, 2.05) is 0 Å². The van der Waals surface area contributed by atoms with Crippen LogP contribution in [-0.2, 0) is 12.8 Å². The molecule has 0 nitrogen and oxygen atoms in total. The van der Waals surface area contributed by atoms with Crippen molar-refractivity contribution in [2.24, 2.45) is 0 Å². The SMILES string of the molecule is CCCCc1ccc(C)c2c1CC(C)=C2. The van der Waals surface area contributed by atoms with Crippen LogP contribution in [0.3, 0.4) is 0 Å². The van der Waals surface area contributed by atoms with E-state index in [1.54, 1.807) is 11.1 Å². The Labute approximate surface area is 93.0 Å². The van der Waals surface area contributed by atoms with Gasteiger partial charge in [0.15, 0.2) is 0 Å². The first-order valence-corrected chi connectivity index (χ1v) is 6.01. The molecule has 1 aromatic rings. The van der Waals surface area contributed by atoms with Crippen molar-refractivity contribution in [1.29, 1.82) is 0 Å². The van der Waals surface area contributed by atoms with E-state index in [0.717, 1.165) is 0 Å². The van der Waals surface area contributed by atoms with Crippen molar-refractivity contribution in [3.8, 4) is 0 Å². The van der Waals surface area contributed by atoms with Gasteiger partial charge in [-0.1, -0.05) is 37.1 Å². The fraction of sp³-hybridized carbons (Fsp3) is 0.467. The molecule has 0 spiro atoms. The Hall–Kier alpha value is -1.04. The molecule has 0 heteroatoms. The number of unbranched alkanes of at least 4 members (excludes halogenated alkanes) is 1. The fourth-order valence-electron chi connectivity index (χ4n) is 2.41. The molecule has 0 aromatic heterocycles. The van der Waals surface area contributed by atoms with Crippen molar-refractivity contribution in [2.75, 3.05) is 0 Å². The third kappa shape index (κ3) is 1.99. The number of hydrogen-bond donors (Lipinski definition) is 0. The first-order valence-electron chi connectivity index (χ1n) is 6.01. The second kappa shape index (κ2) is 4.22. The molecule has 0 N–H and O–H groups in total. The fourth-order valence-corrected chi connectivity index (χ4v) is 2.41. The first-order chi connectivity index (χ1) is 7.22. The van der Waals surface area contributed by atoms with Gasteiger partial charge >= 0.3 is 0 Å². The molecule has 0 bridgehead atoms. The molecular weight excluding hydrogens is 180 g/mol. The summed E-state index contributed by atoms with van der Waals surface area (Å²) in [6.45, 7) is 6.72. The second-order valence-electron chi connectivity index (χ2n) is 4.70. The molecule has 0 radical (unpaired) electrons. The summed E-state index contributed by atoms with van der Waals surface area (Å²) in [5.74, 6) is 0. The summed E-state index contributed by atoms with van der Waals surface area (Å²) < 4.78 is 0. The molecular formula is C15H20. The molecule has 0 atom stereocenters. The highest BCUT2D eigenvalue weighted by molar-refractivity contribution is 5.67. The summed E-state index contributed by atoms with van der Waals surface area (Å²) in [5.41, 5.74) is 7.62. The molecule has 0 aliphatic heterocycles. The van der Waals surface area contributed by atoms with Gasteiger partial charge in [-0.25, -0.2) is 0 Å². The van der Waals surface area contributed by atoms with Gasteiger partial charge in [-0.2, -0.15) is 0 Å². The largest absolute Gasteiger partial charge is 0.0683 e. The van der Waals surface area contributed by atoms with Crippen LogP contribution in [0.4, 0.5) is 0 Å². The van der Waals surface area contributed by atoms with Gasteiger partial charge in [-0.3, -0.25) is 0 Å². The van der Waals surface area contributed by atoms with Crippen LogP contribution in [0, 0.1) is 6.92 Å². The summed E-state index contributed by atoms with van der Waals surface area (Å²) in [7, 11) is 0. The molecule has 0 saturated carbocycles. The van der Waals surface area contributed by atoms with E-state index in [1.165, 1.54) is 42.4 Å². The minimum absolute atomic E-state index is 1.18. The van der Waals surface area contributed by atoms with Gasteiger partial charge in [0.1, 0.15) is 0 Å². The topological polar surface area (TPSA) is 0 Å². The predicted octanol–water partition coefficient (Wildman–Crippen LogP) is 4.30. The standard InChI is InChI=1S/C15H20/c1-4-5-6-13-8-7-12(3)14-9-11(2)10-15(13)14/h7-9H,4-6,10H2,1-3H3. The average Bonchev–Trinajstić information content (AvgIpc) is 2.60. The van der Waals surface area contributed by atoms with Crippen LogP contribution in [0.5, 0.6) is 0 Å². The van der Waals surface area contributed by atoms with Crippen LogP contribution < -0.4 is 0 Å². The average molecular weight is 200 g/mol. The monoisotopic (exact) mass is 200 g/mol. The molecule has 1 aliphatic carbocycles. The van der Waals surface area contributed by atoms with Gasteiger partial charge in [0.2, 0.25) is 0 Å². The van der Waals surface area contributed by atoms with Gasteiger partial charge in [-0.05, 0) is 55.4 Å². The summed E-state index contributed by atoms with van der Waals surface area (Å²) >= 11 is 0. The Balaban J connectivity index is 2.34. The normalized spacial score (nSPS) is 13.9. The van der Waals surface area contributed by atoms with Crippen molar-refractivity contribution in [3.63, 3.8) is 0 Å². The lowest BCUT2D eigenvalue weighted by molar-refractivity contribution is 0.788. The maximum absolute atomic E-state index is 2.36. The van der Waals surface area contributed by atoms with E-state index < -0.39 is 0 Å². The number of rotatable bonds is 3. The zero-order chi connectivity index (χ0) is 10.8. The van der Waals surface area contributed by atoms with Gasteiger partial charge in [0, 0.05) is 0 Å². The molecule has 15 heavy (non-hydrogen) atoms. The van der Waals surface area contributed by atoms with E-state index in [9.17, 15) is 0 Å². The second-order valence-corrected chi connectivity index (χ2v) is 4.70. The lowest BCUT2D eigenvalue weighted by Crippen LogP contribution is -1.96. The smallest absolute Gasteiger partial charge is 0.00578 e. The number of hydrogen-bond acceptors (Lipinski definition) is 0. The van der Waals surface area contributed by atoms with Gasteiger partial charge in [0.05, 0.1) is 0 Å². The zero-order valence-electron chi connectivity index (χ0n) is 10.1. The van der Waals surface area contributed by atoms with Crippen LogP contribution in [0.1, 0.15) is 48.9 Å². The Morgan fingerprint density at radius 3 is 2.73 bits per heavy atom. The molecule has 2 rings (SSSR count). The molecule has 80 valence electrons. The Morgan fingerprint density at radius 1 is 1.20 bits per heavy atom. The highest BCUT2D eigenvalue weighted by atomic mass is 14.2. The van der Waals surface area contributed by atoms with Crippen LogP contribution >= 0.6 is 0 Å². The molecule has 0 amide bonds. The summed E-state index contributed by atoms with van der Waals surface area (Å²) in [4.78, 5) is 0. The Bertz CT molecular complexity index is 397. The molecule has 0 unspecified atom stereocenters. The Kier molecular flexibility index (Phi) is 2.95. The van der Waals surface area contributed by atoms with Crippen molar-refractivity contribution in [3.05, 3.63) is 40.0 Å². The third-order valence-corrected chi connectivity index (χ3v) is 3.32. The van der Waals surface area contributed by atoms with Crippen molar-refractivity contribution < 1.29 is 0 Å². The van der Waals surface area contributed by atoms with Crippen LogP contribution in [-0.4, -0.2) is 0 Å². The molecule has 1 aromatic carbocycles. The summed E-state index contributed by atoms with van der Waals surface area (Å²) in [6.07, 6.45) is 7.39. The van der Waals surface area contributed by atoms with Crippen molar-refractivity contribution >= 4 is 6.08 Å². The first kappa shape index (κ1) is 10.5. The number of fused-ring (bicyclic) bond motifs is 1. The minimum Gasteiger partial charge on any atom is -0.0683 e. The van der Waals surface area contributed by atoms with Crippen molar-refractivity contribution in [2.45, 2.75) is 46.5 Å². The van der Waals surface area contributed by atoms with Crippen LogP contribution in [0.25, 0.3) is 6.08 Å². The predicted molar refractivity (Wildman–Crippen MR) is 67.1 cm³/mol. The highest BCUT2D eigenvalue weighted by Gasteiger charge is 2.15. The van der Waals surface area contributed by atoms with Crippen LogP contribution in [0.15, 0.2) is 17.7 Å². The summed E-state index contributed by atoms with van der Waals surface area (Å²) in [6, 6.07) is 4.61. The van der Waals surface area contributed by atoms with Gasteiger partial charge in [-0.15, -0.1) is 0 Å². The number of allylic oxidation sites excluding steroid dienone is 1. The maximum Gasteiger partial charge on any atom is -0.00578 e. The Morgan fingerprint density at radius 2 is 2.00 bits per heavy atom. The van der Waals surface area contributed by atoms with E-state index in [2.05, 4.69) is 39.0 Å². The minimum atomic E-state index is 1.18. The quantitative estimate of drug-likeness (QED) is 0.682. The molecule has 0 saturated heterocycles. The lowest BCUT2D eigenvalue weighted by atomic mass is 9.95. The van der Waals surface area contributed by atoms with E-state index in [4.69, 9.17) is 0 Å². The molecule has 0 fully saturated rings. The van der Waals surface area contributed by atoms with Gasteiger partial charge in [0.25, 0.3) is 0 Å². The zero-order valence-corrected chi connectivity index (χ0v) is 10.1. The van der Waals surface area contributed by atoms with E-state index in [-0.39, 0.29) is 0 Å². The molecule has 1 aliphatic rings. The van der Waals surface area contributed by atoms with Crippen molar-refractivity contribution in [1.82, 2.24) is 0 Å². The van der Waals surface area contributed by atoms with Crippen LogP contribution in [0.2, 0.25) is 0 Å².